The van der Waals surface area contributed by atoms with Crippen LogP contribution < -0.4 is 5.73 Å². The second-order valence-electron chi connectivity index (χ2n) is 12.7. The SMILES string of the molecule is CCCCCCCCC/C=C\CCCCCCCC(=O)OC(COCCCCCCCCCCC)COP(=O)(O)OCC(N)C(=O)O. The van der Waals surface area contributed by atoms with Crippen molar-refractivity contribution in [1.82, 2.24) is 0 Å². The Morgan fingerprint density at radius 3 is 1.62 bits per heavy atom. The first kappa shape index (κ1) is 45.7. The number of phosphoric acid groups is 1. The Bertz CT molecular complexity index is 811. The summed E-state index contributed by atoms with van der Waals surface area (Å²) in [5.74, 6) is -1.78. The number of esters is 1. The fourth-order valence-corrected chi connectivity index (χ4v) is 5.85. The van der Waals surface area contributed by atoms with Crippen LogP contribution in [-0.2, 0) is 32.7 Å². The van der Waals surface area contributed by atoms with Crippen LogP contribution in [-0.4, -0.2) is 60.5 Å². The van der Waals surface area contributed by atoms with Gasteiger partial charge in [0.05, 0.1) is 19.8 Å². The normalized spacial score (nSPS) is 14.3. The molecule has 0 spiro atoms. The summed E-state index contributed by atoms with van der Waals surface area (Å²) in [5, 5.41) is 8.84. The quantitative estimate of drug-likeness (QED) is 0.0250. The molecule has 3 unspecified atom stereocenters. The number of aliphatic carboxylic acids is 1. The molecule has 0 saturated carbocycles. The van der Waals surface area contributed by atoms with Crippen molar-refractivity contribution in [3.63, 3.8) is 0 Å². The van der Waals surface area contributed by atoms with E-state index >= 15 is 0 Å². The largest absolute Gasteiger partial charge is 0.480 e. The molecule has 10 nitrogen and oxygen atoms in total. The van der Waals surface area contributed by atoms with Crippen LogP contribution in [0, 0.1) is 0 Å². The summed E-state index contributed by atoms with van der Waals surface area (Å²) in [4.78, 5) is 33.3. The molecule has 0 aliphatic carbocycles. The van der Waals surface area contributed by atoms with Gasteiger partial charge in [0.1, 0.15) is 12.1 Å². The van der Waals surface area contributed by atoms with Gasteiger partial charge in [0.25, 0.3) is 0 Å². The first-order valence-electron chi connectivity index (χ1n) is 18.7. The molecule has 4 N–H and O–H groups in total. The summed E-state index contributed by atoms with van der Waals surface area (Å²) < 4.78 is 33.1. The van der Waals surface area contributed by atoms with Crippen LogP contribution in [0.15, 0.2) is 12.2 Å². The topological polar surface area (TPSA) is 155 Å². The lowest BCUT2D eigenvalue weighted by Gasteiger charge is -2.20. The maximum atomic E-state index is 12.5. The minimum atomic E-state index is -4.60. The van der Waals surface area contributed by atoms with Crippen molar-refractivity contribution in [2.75, 3.05) is 26.4 Å². The van der Waals surface area contributed by atoms with Crippen LogP contribution in [0.4, 0.5) is 0 Å². The number of phosphoric ester groups is 1. The Morgan fingerprint density at radius 2 is 1.11 bits per heavy atom. The van der Waals surface area contributed by atoms with Gasteiger partial charge in [-0.1, -0.05) is 135 Å². The van der Waals surface area contributed by atoms with E-state index < -0.39 is 45.1 Å². The second kappa shape index (κ2) is 33.2. The Balaban J connectivity index is 4.28. The van der Waals surface area contributed by atoms with Crippen molar-refractivity contribution >= 4 is 19.8 Å². The standard InChI is InChI=1S/C36H70NO9P/c1-3-5-7-9-11-13-14-15-16-17-18-19-20-22-24-26-28-35(38)46-33(31-44-47(41,42)45-32-34(37)36(39)40)30-43-29-27-25-23-21-12-10-8-6-4-2/h16-17,33-34H,3-15,18-32,37H2,1-2H3,(H,39,40)(H,41,42)/b17-16-. The molecule has 3 atom stereocenters. The number of carboxylic acids is 1. The van der Waals surface area contributed by atoms with E-state index in [0.29, 0.717) is 13.0 Å². The van der Waals surface area contributed by atoms with E-state index in [2.05, 4.69) is 30.5 Å². The first-order valence-corrected chi connectivity index (χ1v) is 20.2. The Hall–Kier alpha value is -1.29. The highest BCUT2D eigenvalue weighted by Crippen LogP contribution is 2.43. The highest BCUT2D eigenvalue weighted by Gasteiger charge is 2.27. The van der Waals surface area contributed by atoms with Crippen LogP contribution in [0.1, 0.15) is 168 Å². The molecular weight excluding hydrogens is 621 g/mol. The van der Waals surface area contributed by atoms with Crippen molar-refractivity contribution in [1.29, 1.82) is 0 Å². The van der Waals surface area contributed by atoms with Crippen LogP contribution in [0.25, 0.3) is 0 Å². The van der Waals surface area contributed by atoms with Gasteiger partial charge in [-0.3, -0.25) is 18.6 Å². The molecule has 0 aromatic rings. The summed E-state index contributed by atoms with van der Waals surface area (Å²) in [6.45, 7) is 3.85. The molecule has 278 valence electrons. The number of carbonyl (C=O) groups excluding carboxylic acids is 1. The molecule has 0 radical (unpaired) electrons. The zero-order valence-electron chi connectivity index (χ0n) is 29.9. The maximum absolute atomic E-state index is 12.5. The summed E-state index contributed by atoms with van der Waals surface area (Å²) >= 11 is 0. The lowest BCUT2D eigenvalue weighted by molar-refractivity contribution is -0.154. The number of nitrogens with two attached hydrogens (primary N) is 1. The van der Waals surface area contributed by atoms with Crippen LogP contribution in [0.2, 0.25) is 0 Å². The maximum Gasteiger partial charge on any atom is 0.472 e. The molecule has 0 fully saturated rings. The Kier molecular flexibility index (Phi) is 32.3. The van der Waals surface area contributed by atoms with Crippen molar-refractivity contribution in [2.45, 2.75) is 180 Å². The van der Waals surface area contributed by atoms with E-state index in [0.717, 1.165) is 51.4 Å². The first-order chi connectivity index (χ1) is 22.7. The van der Waals surface area contributed by atoms with E-state index in [9.17, 15) is 19.0 Å². The number of unbranched alkanes of at least 4 members (excludes halogenated alkanes) is 20. The van der Waals surface area contributed by atoms with Crippen molar-refractivity contribution in [3.05, 3.63) is 12.2 Å². The number of carboxylic acid groups (broad SMARTS) is 1. The molecule has 0 rings (SSSR count). The van der Waals surface area contributed by atoms with Crippen LogP contribution in [0.5, 0.6) is 0 Å². The fourth-order valence-electron chi connectivity index (χ4n) is 5.07. The molecular formula is C36H70NO9P. The van der Waals surface area contributed by atoms with Gasteiger partial charge in [-0.25, -0.2) is 4.57 Å². The van der Waals surface area contributed by atoms with Gasteiger partial charge in [0.15, 0.2) is 0 Å². The van der Waals surface area contributed by atoms with E-state index in [1.54, 1.807) is 0 Å². The highest BCUT2D eigenvalue weighted by molar-refractivity contribution is 7.47. The van der Waals surface area contributed by atoms with Gasteiger partial charge >= 0.3 is 19.8 Å². The molecule has 47 heavy (non-hydrogen) atoms. The van der Waals surface area contributed by atoms with Gasteiger partial charge in [-0.2, -0.15) is 0 Å². The third-order valence-electron chi connectivity index (χ3n) is 8.04. The zero-order chi connectivity index (χ0) is 34.9. The molecule has 0 aliphatic rings. The summed E-state index contributed by atoms with van der Waals surface area (Å²) in [7, 11) is -4.60. The van der Waals surface area contributed by atoms with Gasteiger partial charge < -0.3 is 25.2 Å². The van der Waals surface area contributed by atoms with Crippen molar-refractivity contribution < 1.29 is 42.7 Å². The predicted molar refractivity (Wildman–Crippen MR) is 189 cm³/mol. The monoisotopic (exact) mass is 691 g/mol. The van der Waals surface area contributed by atoms with Gasteiger partial charge in [0, 0.05) is 13.0 Å². The molecule has 0 aromatic heterocycles. The van der Waals surface area contributed by atoms with E-state index in [4.69, 9.17) is 24.8 Å². The Morgan fingerprint density at radius 1 is 0.660 bits per heavy atom. The summed E-state index contributed by atoms with van der Waals surface area (Å²) in [6.07, 6.45) is 31.2. The minimum absolute atomic E-state index is 0.0177. The van der Waals surface area contributed by atoms with E-state index in [-0.39, 0.29) is 13.0 Å². The van der Waals surface area contributed by atoms with E-state index in [1.807, 2.05) is 0 Å². The van der Waals surface area contributed by atoms with Crippen molar-refractivity contribution in [3.8, 4) is 0 Å². The zero-order valence-corrected chi connectivity index (χ0v) is 30.8. The number of rotatable bonds is 36. The lowest BCUT2D eigenvalue weighted by atomic mass is 10.1. The molecule has 0 heterocycles. The molecule has 11 heteroatoms. The molecule has 0 aliphatic heterocycles. The van der Waals surface area contributed by atoms with E-state index in [1.165, 1.54) is 89.9 Å². The van der Waals surface area contributed by atoms with Gasteiger partial charge in [-0.15, -0.1) is 0 Å². The molecule has 0 aromatic carbocycles. The Labute approximate surface area is 286 Å². The smallest absolute Gasteiger partial charge is 0.472 e. The molecule has 0 amide bonds. The van der Waals surface area contributed by atoms with Crippen molar-refractivity contribution in [2.24, 2.45) is 5.73 Å². The number of hydrogen-bond donors (Lipinski definition) is 3. The summed E-state index contributed by atoms with van der Waals surface area (Å²) in [5.41, 5.74) is 5.33. The molecule has 0 bridgehead atoms. The number of hydrogen-bond acceptors (Lipinski definition) is 8. The average molecular weight is 692 g/mol. The number of allylic oxidation sites excluding steroid dienone is 2. The second-order valence-corrected chi connectivity index (χ2v) is 14.2. The average Bonchev–Trinajstić information content (AvgIpc) is 3.04. The summed E-state index contributed by atoms with van der Waals surface area (Å²) in [6, 6.07) is -1.47. The lowest BCUT2D eigenvalue weighted by Crippen LogP contribution is -2.34. The molecule has 0 saturated heterocycles. The van der Waals surface area contributed by atoms with Gasteiger partial charge in [0.2, 0.25) is 0 Å². The minimum Gasteiger partial charge on any atom is -0.480 e. The predicted octanol–water partition coefficient (Wildman–Crippen LogP) is 9.42. The van der Waals surface area contributed by atoms with Gasteiger partial charge in [-0.05, 0) is 38.5 Å². The number of ether oxygens (including phenoxy) is 2. The highest BCUT2D eigenvalue weighted by atomic mass is 31.2. The van der Waals surface area contributed by atoms with Crippen LogP contribution in [0.3, 0.4) is 0 Å². The third-order valence-corrected chi connectivity index (χ3v) is 9.00. The van der Waals surface area contributed by atoms with Crippen LogP contribution >= 0.6 is 7.82 Å². The number of carbonyl (C=O) groups is 2. The fraction of sp³-hybridized carbons (Fsp3) is 0.889. The third kappa shape index (κ3) is 33.0.